The maximum atomic E-state index is 13.0. The standard InChI is InChI=1S/C23H23F3N6O3/c1-13(33)29-17-8-15(9-18(10-17)30-22-27-7-6-20(31-22)23(24,25)26)16-11-28-32(12-16)19-4-2-14(3-5-19)21(34)35/h6-12,14,19H,2-5H2,1H3,(H,29,33)(H,34,35)(H,27,30,31). The lowest BCUT2D eigenvalue weighted by Gasteiger charge is -2.26. The molecule has 0 radical (unpaired) electrons. The fourth-order valence-electron chi connectivity index (χ4n) is 4.12. The molecule has 1 fully saturated rings. The van der Waals surface area contributed by atoms with Crippen LogP contribution in [0.25, 0.3) is 11.1 Å². The van der Waals surface area contributed by atoms with Crippen molar-refractivity contribution >= 4 is 29.2 Å². The number of carbonyl (C=O) groups is 2. The zero-order chi connectivity index (χ0) is 25.2. The fourth-order valence-corrected chi connectivity index (χ4v) is 4.12. The molecule has 1 aromatic carbocycles. The van der Waals surface area contributed by atoms with Crippen LogP contribution >= 0.6 is 0 Å². The van der Waals surface area contributed by atoms with Crippen molar-refractivity contribution in [2.45, 2.75) is 44.8 Å². The average Bonchev–Trinajstić information content (AvgIpc) is 3.29. The van der Waals surface area contributed by atoms with Gasteiger partial charge in [-0.3, -0.25) is 14.3 Å². The first-order valence-corrected chi connectivity index (χ1v) is 11.0. The van der Waals surface area contributed by atoms with Gasteiger partial charge in [0.05, 0.1) is 18.2 Å². The summed E-state index contributed by atoms with van der Waals surface area (Å²) in [5.74, 6) is -1.66. The first-order chi connectivity index (χ1) is 16.6. The molecule has 9 nitrogen and oxygen atoms in total. The maximum Gasteiger partial charge on any atom is 0.433 e. The van der Waals surface area contributed by atoms with E-state index >= 15 is 0 Å². The highest BCUT2D eigenvalue weighted by Gasteiger charge is 2.33. The van der Waals surface area contributed by atoms with Crippen LogP contribution in [-0.4, -0.2) is 36.7 Å². The zero-order valence-corrected chi connectivity index (χ0v) is 18.7. The van der Waals surface area contributed by atoms with Gasteiger partial charge in [-0.1, -0.05) is 0 Å². The van der Waals surface area contributed by atoms with Crippen molar-refractivity contribution in [1.29, 1.82) is 0 Å². The summed E-state index contributed by atoms with van der Waals surface area (Å²) in [6.45, 7) is 1.35. The Morgan fingerprint density at radius 3 is 2.46 bits per heavy atom. The molecule has 2 aromatic heterocycles. The number of rotatable bonds is 6. The van der Waals surface area contributed by atoms with Gasteiger partial charge in [-0.25, -0.2) is 9.97 Å². The molecule has 1 amide bonds. The summed E-state index contributed by atoms with van der Waals surface area (Å²) in [6, 6.07) is 5.84. The number of carboxylic acids is 1. The van der Waals surface area contributed by atoms with E-state index in [0.29, 0.717) is 42.6 Å². The number of benzene rings is 1. The number of aromatic nitrogens is 4. The molecule has 184 valence electrons. The topological polar surface area (TPSA) is 122 Å². The lowest BCUT2D eigenvalue weighted by Crippen LogP contribution is -2.23. The molecule has 0 aliphatic heterocycles. The van der Waals surface area contributed by atoms with E-state index in [4.69, 9.17) is 0 Å². The number of aliphatic carboxylic acids is 1. The van der Waals surface area contributed by atoms with Crippen molar-refractivity contribution in [1.82, 2.24) is 19.7 Å². The molecule has 1 aliphatic carbocycles. The molecule has 0 atom stereocenters. The number of hydrogen-bond donors (Lipinski definition) is 3. The Labute approximate surface area is 198 Å². The fraction of sp³-hybridized carbons (Fsp3) is 0.348. The molecule has 12 heteroatoms. The molecule has 0 saturated heterocycles. The second-order valence-corrected chi connectivity index (χ2v) is 8.42. The van der Waals surface area contributed by atoms with Gasteiger partial charge < -0.3 is 15.7 Å². The van der Waals surface area contributed by atoms with Crippen LogP contribution in [0, 0.1) is 5.92 Å². The summed E-state index contributed by atoms with van der Waals surface area (Å²) in [5, 5.41) is 19.1. The van der Waals surface area contributed by atoms with Crippen LogP contribution in [0.3, 0.4) is 0 Å². The molecule has 0 unspecified atom stereocenters. The predicted octanol–water partition coefficient (Wildman–Crippen LogP) is 4.88. The van der Waals surface area contributed by atoms with E-state index in [1.165, 1.54) is 6.92 Å². The number of hydrogen-bond acceptors (Lipinski definition) is 6. The molecule has 3 N–H and O–H groups in total. The SMILES string of the molecule is CC(=O)Nc1cc(Nc2nccc(C(F)(F)F)n2)cc(-c2cnn(C3CCC(C(=O)O)CC3)c2)c1. The summed E-state index contributed by atoms with van der Waals surface area (Å²) >= 11 is 0. The summed E-state index contributed by atoms with van der Waals surface area (Å²) in [6.07, 6.45) is 2.45. The van der Waals surface area contributed by atoms with Crippen molar-refractivity contribution in [3.8, 4) is 11.1 Å². The summed E-state index contributed by atoms with van der Waals surface area (Å²) in [4.78, 5) is 30.2. The highest BCUT2D eigenvalue weighted by atomic mass is 19.4. The van der Waals surface area contributed by atoms with Gasteiger partial charge in [-0.15, -0.1) is 0 Å². The molecule has 4 rings (SSSR count). The normalized spacial score (nSPS) is 18.2. The minimum Gasteiger partial charge on any atom is -0.481 e. The van der Waals surface area contributed by atoms with Crippen molar-refractivity contribution in [3.05, 3.63) is 48.5 Å². The van der Waals surface area contributed by atoms with Gasteiger partial charge >= 0.3 is 12.1 Å². The number of nitrogens with one attached hydrogen (secondary N) is 2. The molecule has 3 aromatic rings. The van der Waals surface area contributed by atoms with Gasteiger partial charge in [-0.05, 0) is 55.5 Å². The van der Waals surface area contributed by atoms with Crippen LogP contribution in [0.2, 0.25) is 0 Å². The summed E-state index contributed by atoms with van der Waals surface area (Å²) in [7, 11) is 0. The quantitative estimate of drug-likeness (QED) is 0.452. The smallest absolute Gasteiger partial charge is 0.433 e. The van der Waals surface area contributed by atoms with Crippen LogP contribution in [0.15, 0.2) is 42.9 Å². The largest absolute Gasteiger partial charge is 0.481 e. The molecule has 35 heavy (non-hydrogen) atoms. The number of nitrogens with zero attached hydrogens (tertiary/aromatic N) is 4. The Morgan fingerprint density at radius 2 is 1.80 bits per heavy atom. The number of carboxylic acid groups (broad SMARTS) is 1. The lowest BCUT2D eigenvalue weighted by atomic mass is 9.86. The van der Waals surface area contributed by atoms with Gasteiger partial charge in [0.15, 0.2) is 0 Å². The van der Waals surface area contributed by atoms with Gasteiger partial charge in [0, 0.05) is 36.3 Å². The van der Waals surface area contributed by atoms with E-state index in [1.54, 1.807) is 24.4 Å². The number of halogens is 3. The van der Waals surface area contributed by atoms with Gasteiger partial charge in [0.1, 0.15) is 5.69 Å². The van der Waals surface area contributed by atoms with Gasteiger partial charge in [0.2, 0.25) is 11.9 Å². The zero-order valence-electron chi connectivity index (χ0n) is 18.7. The summed E-state index contributed by atoms with van der Waals surface area (Å²) < 4.78 is 40.8. The number of carbonyl (C=O) groups excluding carboxylic acids is 1. The molecular formula is C23H23F3N6O3. The van der Waals surface area contributed by atoms with Crippen LogP contribution in [-0.2, 0) is 15.8 Å². The van der Waals surface area contributed by atoms with E-state index in [-0.39, 0.29) is 23.8 Å². The van der Waals surface area contributed by atoms with E-state index in [0.717, 1.165) is 17.8 Å². The Morgan fingerprint density at radius 1 is 1.09 bits per heavy atom. The molecule has 0 spiro atoms. The highest BCUT2D eigenvalue weighted by molar-refractivity contribution is 5.90. The second-order valence-electron chi connectivity index (χ2n) is 8.42. The van der Waals surface area contributed by atoms with Crippen molar-refractivity contribution in [3.63, 3.8) is 0 Å². The Kier molecular flexibility index (Phi) is 6.72. The number of anilines is 3. The molecule has 1 saturated carbocycles. The van der Waals surface area contributed by atoms with Crippen molar-refractivity contribution in [2.75, 3.05) is 10.6 Å². The molecular weight excluding hydrogens is 465 g/mol. The Bertz CT molecular complexity index is 1240. The van der Waals surface area contributed by atoms with Crippen LogP contribution in [0.5, 0.6) is 0 Å². The van der Waals surface area contributed by atoms with Crippen LogP contribution < -0.4 is 10.6 Å². The molecule has 2 heterocycles. The van der Waals surface area contributed by atoms with Crippen molar-refractivity contribution in [2.24, 2.45) is 5.92 Å². The third kappa shape index (κ3) is 5.94. The van der Waals surface area contributed by atoms with Crippen LogP contribution in [0.4, 0.5) is 30.5 Å². The third-order valence-electron chi connectivity index (χ3n) is 5.81. The number of amides is 1. The van der Waals surface area contributed by atoms with E-state index in [2.05, 4.69) is 25.7 Å². The third-order valence-corrected chi connectivity index (χ3v) is 5.81. The van der Waals surface area contributed by atoms with E-state index in [1.807, 2.05) is 10.9 Å². The Hall–Kier alpha value is -3.96. The molecule has 0 bridgehead atoms. The lowest BCUT2D eigenvalue weighted by molar-refractivity contribution is -0.143. The van der Waals surface area contributed by atoms with Gasteiger partial charge in [-0.2, -0.15) is 18.3 Å². The predicted molar refractivity (Wildman–Crippen MR) is 121 cm³/mol. The number of alkyl halides is 3. The average molecular weight is 488 g/mol. The van der Waals surface area contributed by atoms with Crippen molar-refractivity contribution < 1.29 is 27.9 Å². The Balaban J connectivity index is 1.59. The monoisotopic (exact) mass is 488 g/mol. The molecule has 1 aliphatic rings. The van der Waals surface area contributed by atoms with E-state index in [9.17, 15) is 27.9 Å². The van der Waals surface area contributed by atoms with E-state index < -0.39 is 17.8 Å². The minimum absolute atomic E-state index is 0.0778. The highest BCUT2D eigenvalue weighted by Crippen LogP contribution is 2.34. The first kappa shape index (κ1) is 24.2. The summed E-state index contributed by atoms with van der Waals surface area (Å²) in [5.41, 5.74) is 1.12. The minimum atomic E-state index is -4.61. The van der Waals surface area contributed by atoms with Crippen LogP contribution in [0.1, 0.15) is 44.3 Å². The second kappa shape index (κ2) is 9.72. The maximum absolute atomic E-state index is 13.0. The van der Waals surface area contributed by atoms with Gasteiger partial charge in [0.25, 0.3) is 0 Å². The first-order valence-electron chi connectivity index (χ1n) is 11.0.